The highest BCUT2D eigenvalue weighted by molar-refractivity contribution is 7.91. The first kappa shape index (κ1) is 17.2. The van der Waals surface area contributed by atoms with Crippen molar-refractivity contribution < 1.29 is 13.2 Å². The van der Waals surface area contributed by atoms with Crippen LogP contribution in [0.3, 0.4) is 0 Å². The van der Waals surface area contributed by atoms with Gasteiger partial charge in [-0.1, -0.05) is 6.42 Å². The van der Waals surface area contributed by atoms with Crippen LogP contribution >= 0.6 is 12.4 Å². The maximum absolute atomic E-state index is 11.9. The molecule has 1 aromatic carbocycles. The van der Waals surface area contributed by atoms with E-state index in [9.17, 15) is 8.42 Å². The number of benzene rings is 1. The molecular formula is C12H20ClNO3S. The van der Waals surface area contributed by atoms with Crippen LogP contribution in [0.2, 0.25) is 0 Å². The second kappa shape index (κ2) is 8.34. The first-order chi connectivity index (χ1) is 8.10. The first-order valence-electron chi connectivity index (χ1n) is 5.67. The number of methoxy groups -OCH3 is 1. The highest BCUT2D eigenvalue weighted by Crippen LogP contribution is 2.17. The lowest BCUT2D eigenvalue weighted by atomic mass is 10.2. The number of halogens is 1. The van der Waals surface area contributed by atoms with Gasteiger partial charge in [0.25, 0.3) is 0 Å². The van der Waals surface area contributed by atoms with Crippen molar-refractivity contribution in [2.75, 3.05) is 19.4 Å². The molecule has 0 atom stereocenters. The van der Waals surface area contributed by atoms with Gasteiger partial charge in [0.15, 0.2) is 9.84 Å². The number of sulfone groups is 1. The molecular weight excluding hydrogens is 274 g/mol. The molecule has 0 heterocycles. The minimum Gasteiger partial charge on any atom is -0.497 e. The van der Waals surface area contributed by atoms with Gasteiger partial charge < -0.3 is 10.5 Å². The number of unbranched alkanes of at least 4 members (excludes halogenated alkanes) is 2. The summed E-state index contributed by atoms with van der Waals surface area (Å²) >= 11 is 0. The van der Waals surface area contributed by atoms with E-state index in [0.29, 0.717) is 23.6 Å². The molecule has 0 aliphatic heterocycles. The maximum Gasteiger partial charge on any atom is 0.178 e. The fourth-order valence-electron chi connectivity index (χ4n) is 1.51. The quantitative estimate of drug-likeness (QED) is 0.781. The molecule has 0 saturated heterocycles. The molecule has 18 heavy (non-hydrogen) atoms. The molecule has 6 heteroatoms. The second-order valence-electron chi connectivity index (χ2n) is 3.84. The van der Waals surface area contributed by atoms with Gasteiger partial charge in [-0.05, 0) is 43.7 Å². The summed E-state index contributed by atoms with van der Waals surface area (Å²) in [5.74, 6) is 0.839. The second-order valence-corrected chi connectivity index (χ2v) is 5.95. The van der Waals surface area contributed by atoms with E-state index in [2.05, 4.69) is 0 Å². The van der Waals surface area contributed by atoms with Gasteiger partial charge in [-0.2, -0.15) is 0 Å². The van der Waals surface area contributed by atoms with Crippen molar-refractivity contribution in [3.8, 4) is 5.75 Å². The summed E-state index contributed by atoms with van der Waals surface area (Å²) in [6.07, 6.45) is 2.38. The molecule has 0 bridgehead atoms. The Labute approximate surface area is 115 Å². The molecule has 0 radical (unpaired) electrons. The third-order valence-electron chi connectivity index (χ3n) is 2.54. The van der Waals surface area contributed by atoms with Crippen LogP contribution in [0.25, 0.3) is 0 Å². The van der Waals surface area contributed by atoms with Crippen molar-refractivity contribution in [1.82, 2.24) is 0 Å². The molecule has 0 aliphatic carbocycles. The summed E-state index contributed by atoms with van der Waals surface area (Å²) in [7, 11) is -1.61. The lowest BCUT2D eigenvalue weighted by Crippen LogP contribution is -2.07. The van der Waals surface area contributed by atoms with E-state index in [1.807, 2.05) is 0 Å². The normalized spacial score (nSPS) is 10.8. The largest absolute Gasteiger partial charge is 0.497 e. The number of nitrogens with two attached hydrogens (primary N) is 1. The van der Waals surface area contributed by atoms with Crippen molar-refractivity contribution in [2.45, 2.75) is 24.2 Å². The number of hydrogen-bond donors (Lipinski definition) is 1. The summed E-state index contributed by atoms with van der Waals surface area (Å²) in [5.41, 5.74) is 5.36. The highest BCUT2D eigenvalue weighted by Gasteiger charge is 2.13. The molecule has 4 nitrogen and oxygen atoms in total. The molecule has 0 fully saturated rings. The standard InChI is InChI=1S/C12H19NO3S.ClH/c1-16-11-5-7-12(8-6-11)17(14,15)10-4-2-3-9-13;/h5-8H,2-4,9-10,13H2,1H3;1H. The number of hydrogen-bond acceptors (Lipinski definition) is 4. The molecule has 0 spiro atoms. The SMILES string of the molecule is COc1ccc(S(=O)(=O)CCCCCN)cc1.Cl. The van der Waals surface area contributed by atoms with Crippen LogP contribution in [0.1, 0.15) is 19.3 Å². The summed E-state index contributed by atoms with van der Waals surface area (Å²) in [6, 6.07) is 6.48. The van der Waals surface area contributed by atoms with Crippen molar-refractivity contribution in [2.24, 2.45) is 5.73 Å². The minimum absolute atomic E-state index is 0. The zero-order valence-electron chi connectivity index (χ0n) is 10.5. The van der Waals surface area contributed by atoms with Crippen molar-refractivity contribution >= 4 is 22.2 Å². The van der Waals surface area contributed by atoms with Crippen LogP contribution in [0.5, 0.6) is 5.75 Å². The summed E-state index contributed by atoms with van der Waals surface area (Å²) < 4.78 is 28.8. The van der Waals surface area contributed by atoms with Crippen LogP contribution in [-0.2, 0) is 9.84 Å². The van der Waals surface area contributed by atoms with E-state index in [0.717, 1.165) is 12.8 Å². The van der Waals surface area contributed by atoms with Gasteiger partial charge in [-0.3, -0.25) is 0 Å². The molecule has 104 valence electrons. The van der Waals surface area contributed by atoms with Crippen LogP contribution in [-0.4, -0.2) is 27.8 Å². The van der Waals surface area contributed by atoms with E-state index < -0.39 is 9.84 Å². The Morgan fingerprint density at radius 3 is 2.22 bits per heavy atom. The van der Waals surface area contributed by atoms with Crippen LogP contribution in [0.15, 0.2) is 29.2 Å². The zero-order chi connectivity index (χ0) is 12.7. The van der Waals surface area contributed by atoms with Gasteiger partial charge >= 0.3 is 0 Å². The lowest BCUT2D eigenvalue weighted by molar-refractivity contribution is 0.414. The van der Waals surface area contributed by atoms with Gasteiger partial charge in [0, 0.05) is 0 Å². The van der Waals surface area contributed by atoms with E-state index in [4.69, 9.17) is 10.5 Å². The average molecular weight is 294 g/mol. The summed E-state index contributed by atoms with van der Waals surface area (Å²) in [6.45, 7) is 0.614. The molecule has 1 rings (SSSR count). The Kier molecular flexibility index (Phi) is 7.98. The fraction of sp³-hybridized carbons (Fsp3) is 0.500. The van der Waals surface area contributed by atoms with Crippen molar-refractivity contribution in [1.29, 1.82) is 0 Å². The predicted molar refractivity (Wildman–Crippen MR) is 75.2 cm³/mol. The van der Waals surface area contributed by atoms with E-state index in [1.54, 1.807) is 31.4 Å². The lowest BCUT2D eigenvalue weighted by Gasteiger charge is -2.05. The Balaban J connectivity index is 0.00000289. The van der Waals surface area contributed by atoms with Crippen molar-refractivity contribution in [3.05, 3.63) is 24.3 Å². The molecule has 1 aromatic rings. The average Bonchev–Trinajstić information content (AvgIpc) is 2.35. The Morgan fingerprint density at radius 1 is 1.11 bits per heavy atom. The molecule has 0 amide bonds. The minimum atomic E-state index is -3.16. The molecule has 2 N–H and O–H groups in total. The molecule has 0 aliphatic rings. The Morgan fingerprint density at radius 2 is 1.72 bits per heavy atom. The van der Waals surface area contributed by atoms with Crippen LogP contribution in [0, 0.1) is 0 Å². The highest BCUT2D eigenvalue weighted by atomic mass is 35.5. The molecule has 0 aromatic heterocycles. The topological polar surface area (TPSA) is 69.4 Å². The molecule has 0 saturated carbocycles. The third kappa shape index (κ3) is 5.25. The van der Waals surface area contributed by atoms with Gasteiger partial charge in [0.2, 0.25) is 0 Å². The number of rotatable bonds is 7. The van der Waals surface area contributed by atoms with Crippen molar-refractivity contribution in [3.63, 3.8) is 0 Å². The Hall–Kier alpha value is -0.780. The van der Waals surface area contributed by atoms with Gasteiger partial charge in [0.1, 0.15) is 5.75 Å². The smallest absolute Gasteiger partial charge is 0.178 e. The Bertz CT molecular complexity index is 431. The van der Waals surface area contributed by atoms with Crippen LogP contribution in [0.4, 0.5) is 0 Å². The van der Waals surface area contributed by atoms with E-state index in [1.165, 1.54) is 0 Å². The third-order valence-corrected chi connectivity index (χ3v) is 4.35. The first-order valence-corrected chi connectivity index (χ1v) is 7.32. The maximum atomic E-state index is 11.9. The summed E-state index contributed by atoms with van der Waals surface area (Å²) in [5, 5.41) is 0. The fourth-order valence-corrected chi connectivity index (χ4v) is 2.88. The zero-order valence-corrected chi connectivity index (χ0v) is 12.1. The van der Waals surface area contributed by atoms with Gasteiger partial charge in [-0.15, -0.1) is 12.4 Å². The predicted octanol–water partition coefficient (Wildman–Crippen LogP) is 2.02. The van der Waals surface area contributed by atoms with Gasteiger partial charge in [0.05, 0.1) is 17.8 Å². The van der Waals surface area contributed by atoms with E-state index in [-0.39, 0.29) is 18.2 Å². The number of ether oxygens (including phenoxy) is 1. The van der Waals surface area contributed by atoms with Gasteiger partial charge in [-0.25, -0.2) is 8.42 Å². The molecule has 0 unspecified atom stereocenters. The summed E-state index contributed by atoms with van der Waals surface area (Å²) in [4.78, 5) is 0.353. The van der Waals surface area contributed by atoms with E-state index >= 15 is 0 Å². The monoisotopic (exact) mass is 293 g/mol. The van der Waals surface area contributed by atoms with Crippen LogP contribution < -0.4 is 10.5 Å².